The van der Waals surface area contributed by atoms with Gasteiger partial charge in [0.15, 0.2) is 0 Å². The van der Waals surface area contributed by atoms with Crippen LogP contribution in [0.15, 0.2) is 6.20 Å². The predicted molar refractivity (Wildman–Crippen MR) is 79.8 cm³/mol. The summed E-state index contributed by atoms with van der Waals surface area (Å²) in [5.41, 5.74) is 5.10. The Balaban J connectivity index is 2.04. The van der Waals surface area contributed by atoms with Crippen LogP contribution in [0.5, 0.6) is 0 Å². The number of carbonyl (C=O) groups is 3. The number of nitrogens with zero attached hydrogens (tertiary/aromatic N) is 2. The molecule has 1 aromatic rings. The van der Waals surface area contributed by atoms with Gasteiger partial charge in [0.1, 0.15) is 17.7 Å². The third-order valence-electron chi connectivity index (χ3n) is 3.59. The molecule has 22 heavy (non-hydrogen) atoms. The minimum Gasteiger partial charge on any atom is -0.370 e. The summed E-state index contributed by atoms with van der Waals surface area (Å²) >= 11 is 0. The van der Waals surface area contributed by atoms with Gasteiger partial charge in [0.05, 0.1) is 6.20 Å². The fourth-order valence-electron chi connectivity index (χ4n) is 2.53. The van der Waals surface area contributed by atoms with Gasteiger partial charge in [-0.3, -0.25) is 14.4 Å². The summed E-state index contributed by atoms with van der Waals surface area (Å²) in [7, 11) is 0. The van der Waals surface area contributed by atoms with Gasteiger partial charge >= 0.3 is 0 Å². The Kier molecular flexibility index (Phi) is 5.13. The molecule has 1 aliphatic rings. The highest BCUT2D eigenvalue weighted by atomic mass is 16.2. The zero-order chi connectivity index (χ0) is 16.1. The van der Waals surface area contributed by atoms with Crippen molar-refractivity contribution in [3.8, 4) is 0 Å². The van der Waals surface area contributed by atoms with Gasteiger partial charge in [-0.2, -0.15) is 0 Å². The molecule has 2 rings (SSSR count). The molecular weight excluding hydrogens is 286 g/mol. The van der Waals surface area contributed by atoms with E-state index in [0.717, 1.165) is 31.6 Å². The van der Waals surface area contributed by atoms with Crippen LogP contribution in [0.25, 0.3) is 0 Å². The first-order chi connectivity index (χ1) is 10.5. The van der Waals surface area contributed by atoms with E-state index in [1.54, 1.807) is 6.20 Å². The predicted octanol–water partition coefficient (Wildman–Crippen LogP) is -0.0719. The number of primary amides is 1. The number of fused-ring (bicyclic) bond motifs is 1. The van der Waals surface area contributed by atoms with Crippen molar-refractivity contribution in [1.82, 2.24) is 14.9 Å². The summed E-state index contributed by atoms with van der Waals surface area (Å²) in [6, 6.07) is -0.792. The van der Waals surface area contributed by atoms with E-state index < -0.39 is 11.9 Å². The van der Waals surface area contributed by atoms with Gasteiger partial charge in [0.25, 0.3) is 0 Å². The third-order valence-corrected chi connectivity index (χ3v) is 3.59. The zero-order valence-corrected chi connectivity index (χ0v) is 12.6. The second-order valence-electron chi connectivity index (χ2n) is 5.42. The smallest absolute Gasteiger partial charge is 0.248 e. The maximum Gasteiger partial charge on any atom is 0.248 e. The summed E-state index contributed by atoms with van der Waals surface area (Å²) in [5, 5.41) is 5.31. The third kappa shape index (κ3) is 4.06. The molecule has 0 radical (unpaired) electrons. The Hall–Kier alpha value is -2.38. The fourth-order valence-corrected chi connectivity index (χ4v) is 2.53. The second kappa shape index (κ2) is 7.06. The van der Waals surface area contributed by atoms with Crippen LogP contribution < -0.4 is 16.4 Å². The molecule has 3 amide bonds. The number of anilines is 1. The van der Waals surface area contributed by atoms with Crippen molar-refractivity contribution in [2.24, 2.45) is 5.73 Å². The summed E-state index contributed by atoms with van der Waals surface area (Å²) in [5.74, 6) is 0.360. The maximum atomic E-state index is 12.3. The molecule has 0 saturated heterocycles. The Morgan fingerprint density at radius 3 is 2.86 bits per heavy atom. The summed E-state index contributed by atoms with van der Waals surface area (Å²) < 4.78 is 1.97. The summed E-state index contributed by atoms with van der Waals surface area (Å²) in [4.78, 5) is 38.7. The number of amides is 3. The molecule has 8 heteroatoms. The van der Waals surface area contributed by atoms with Crippen molar-refractivity contribution in [2.45, 2.75) is 51.6 Å². The number of aromatic nitrogens is 2. The molecule has 8 nitrogen and oxygen atoms in total. The number of nitrogens with two attached hydrogens (primary N) is 1. The van der Waals surface area contributed by atoms with E-state index >= 15 is 0 Å². The van der Waals surface area contributed by atoms with Crippen LogP contribution >= 0.6 is 0 Å². The summed E-state index contributed by atoms with van der Waals surface area (Å²) in [6.07, 6.45) is 4.86. The molecule has 0 fully saturated rings. The lowest BCUT2D eigenvalue weighted by molar-refractivity contribution is -0.126. The van der Waals surface area contributed by atoms with Gasteiger partial charge in [0.2, 0.25) is 17.7 Å². The van der Waals surface area contributed by atoms with Gasteiger partial charge in [0, 0.05) is 26.3 Å². The van der Waals surface area contributed by atoms with Crippen LogP contribution in [-0.4, -0.2) is 33.3 Å². The number of rotatable bonds is 6. The first kappa shape index (κ1) is 16.0. The van der Waals surface area contributed by atoms with E-state index in [1.165, 1.54) is 6.92 Å². The highest BCUT2D eigenvalue weighted by Crippen LogP contribution is 2.19. The monoisotopic (exact) mass is 307 g/mol. The average molecular weight is 307 g/mol. The fraction of sp³-hybridized carbons (Fsp3) is 0.571. The lowest BCUT2D eigenvalue weighted by Gasteiger charge is -2.19. The topological polar surface area (TPSA) is 119 Å². The van der Waals surface area contributed by atoms with Crippen molar-refractivity contribution < 1.29 is 14.4 Å². The summed E-state index contributed by atoms with van der Waals surface area (Å²) in [6.45, 7) is 2.14. The highest BCUT2D eigenvalue weighted by molar-refractivity contribution is 5.96. The lowest BCUT2D eigenvalue weighted by Crippen LogP contribution is -2.43. The van der Waals surface area contributed by atoms with E-state index in [4.69, 9.17) is 5.73 Å². The van der Waals surface area contributed by atoms with E-state index in [2.05, 4.69) is 15.6 Å². The molecule has 1 aromatic heterocycles. The average Bonchev–Trinajstić information content (AvgIpc) is 2.86. The van der Waals surface area contributed by atoms with Gasteiger partial charge < -0.3 is 20.9 Å². The first-order valence-corrected chi connectivity index (χ1v) is 7.38. The Morgan fingerprint density at radius 2 is 2.18 bits per heavy atom. The molecule has 0 unspecified atom stereocenters. The van der Waals surface area contributed by atoms with Crippen molar-refractivity contribution in [1.29, 1.82) is 0 Å². The quantitative estimate of drug-likeness (QED) is 0.681. The van der Waals surface area contributed by atoms with Crippen LogP contribution in [-0.2, 0) is 27.3 Å². The van der Waals surface area contributed by atoms with Gasteiger partial charge in [-0.15, -0.1) is 0 Å². The molecule has 2 heterocycles. The van der Waals surface area contributed by atoms with Crippen LogP contribution in [0.4, 0.5) is 5.82 Å². The van der Waals surface area contributed by atoms with Gasteiger partial charge in [-0.05, 0) is 19.3 Å². The molecule has 0 spiro atoms. The van der Waals surface area contributed by atoms with Crippen molar-refractivity contribution in [3.63, 3.8) is 0 Å². The van der Waals surface area contributed by atoms with Crippen molar-refractivity contribution in [3.05, 3.63) is 12.0 Å². The number of hydrogen-bond acceptors (Lipinski definition) is 4. The van der Waals surface area contributed by atoms with E-state index in [1.807, 2.05) is 4.57 Å². The Morgan fingerprint density at radius 1 is 1.41 bits per heavy atom. The number of imidazole rings is 1. The van der Waals surface area contributed by atoms with Gasteiger partial charge in [-0.25, -0.2) is 4.98 Å². The lowest BCUT2D eigenvalue weighted by atomic mass is 10.1. The Labute approximate surface area is 128 Å². The molecule has 120 valence electrons. The van der Waals surface area contributed by atoms with Gasteiger partial charge in [-0.1, -0.05) is 0 Å². The normalized spacial score (nSPS) is 14.8. The van der Waals surface area contributed by atoms with E-state index in [0.29, 0.717) is 5.82 Å². The molecule has 0 bridgehead atoms. The van der Waals surface area contributed by atoms with Crippen LogP contribution in [0.3, 0.4) is 0 Å². The van der Waals surface area contributed by atoms with Crippen LogP contribution in [0.1, 0.15) is 38.4 Å². The number of carbonyl (C=O) groups excluding carboxylic acids is 3. The molecule has 0 aromatic carbocycles. The highest BCUT2D eigenvalue weighted by Gasteiger charge is 2.22. The van der Waals surface area contributed by atoms with Crippen LogP contribution in [0.2, 0.25) is 0 Å². The number of hydrogen-bond donors (Lipinski definition) is 3. The molecule has 0 saturated carbocycles. The molecule has 1 atom stereocenters. The van der Waals surface area contributed by atoms with Crippen molar-refractivity contribution in [2.75, 3.05) is 5.32 Å². The minimum atomic E-state index is -0.792. The number of aryl methyl sites for hydroxylation is 1. The Bertz CT molecular complexity index is 581. The maximum absolute atomic E-state index is 12.3. The molecule has 0 aliphatic carbocycles. The number of nitrogens with one attached hydrogen (secondary N) is 2. The zero-order valence-electron chi connectivity index (χ0n) is 12.6. The van der Waals surface area contributed by atoms with E-state index in [-0.39, 0.29) is 24.7 Å². The minimum absolute atomic E-state index is 0.0306. The standard InChI is InChI=1S/C14H21N5O3/c1-9(20)17-10(5-6-11(15)21)14(22)18-13-8-16-12-4-2-3-7-19(12)13/h8,10H,2-7H2,1H3,(H2,15,21)(H,17,20)(H,18,22)/t10-/m0/s1. The largest absolute Gasteiger partial charge is 0.370 e. The van der Waals surface area contributed by atoms with E-state index in [9.17, 15) is 14.4 Å². The van der Waals surface area contributed by atoms with Crippen molar-refractivity contribution >= 4 is 23.5 Å². The second-order valence-corrected chi connectivity index (χ2v) is 5.42. The first-order valence-electron chi connectivity index (χ1n) is 7.38. The molecule has 1 aliphatic heterocycles. The SMILES string of the molecule is CC(=O)N[C@@H](CCC(N)=O)C(=O)Nc1cnc2n1CCCC2. The molecular formula is C14H21N5O3. The molecule has 4 N–H and O–H groups in total. The van der Waals surface area contributed by atoms with Crippen LogP contribution in [0, 0.1) is 0 Å².